The molecule has 2 nitrogen and oxygen atoms in total. The first-order chi connectivity index (χ1) is 7.63. The van der Waals surface area contributed by atoms with Gasteiger partial charge in [0.15, 0.2) is 0 Å². The number of hydrogen-bond acceptors (Lipinski definition) is 2. The highest BCUT2D eigenvalue weighted by atomic mass is 16.3. The van der Waals surface area contributed by atoms with Gasteiger partial charge in [-0.05, 0) is 43.9 Å². The van der Waals surface area contributed by atoms with E-state index in [1.54, 1.807) is 0 Å². The van der Waals surface area contributed by atoms with Gasteiger partial charge in [0.2, 0.25) is 0 Å². The van der Waals surface area contributed by atoms with Crippen LogP contribution in [0.2, 0.25) is 0 Å². The Morgan fingerprint density at radius 1 is 1.12 bits per heavy atom. The van der Waals surface area contributed by atoms with Crippen molar-refractivity contribution in [2.24, 2.45) is 11.8 Å². The normalized spacial score (nSPS) is 41.4. The Labute approximate surface area is 99.8 Å². The molecule has 2 unspecified atom stereocenters. The molecule has 0 aromatic heterocycles. The molecule has 94 valence electrons. The predicted octanol–water partition coefficient (Wildman–Crippen LogP) is 2.71. The van der Waals surface area contributed by atoms with Gasteiger partial charge >= 0.3 is 0 Å². The largest absolute Gasteiger partial charge is 0.394 e. The Morgan fingerprint density at radius 3 is 2.19 bits per heavy atom. The summed E-state index contributed by atoms with van der Waals surface area (Å²) >= 11 is 0. The predicted molar refractivity (Wildman–Crippen MR) is 67.4 cm³/mol. The van der Waals surface area contributed by atoms with Crippen molar-refractivity contribution in [3.63, 3.8) is 0 Å². The third-order valence-electron chi connectivity index (χ3n) is 4.45. The maximum Gasteiger partial charge on any atom is 0.0613 e. The lowest BCUT2D eigenvalue weighted by atomic mass is 9.71. The van der Waals surface area contributed by atoms with Crippen molar-refractivity contribution in [3.8, 4) is 0 Å². The Kier molecular flexibility index (Phi) is 3.91. The van der Waals surface area contributed by atoms with E-state index in [0.717, 1.165) is 24.7 Å². The topological polar surface area (TPSA) is 32.3 Å². The molecule has 2 aliphatic carbocycles. The third-order valence-corrected chi connectivity index (χ3v) is 4.45. The van der Waals surface area contributed by atoms with Gasteiger partial charge in [-0.1, -0.05) is 26.7 Å². The molecule has 0 amide bonds. The molecular formula is C14H27NO. The minimum atomic E-state index is 0.0338. The van der Waals surface area contributed by atoms with E-state index in [0.29, 0.717) is 12.6 Å². The molecule has 0 aromatic rings. The van der Waals surface area contributed by atoms with E-state index in [1.165, 1.54) is 32.1 Å². The van der Waals surface area contributed by atoms with Gasteiger partial charge in [-0.15, -0.1) is 0 Å². The smallest absolute Gasteiger partial charge is 0.0613 e. The van der Waals surface area contributed by atoms with Crippen LogP contribution in [0.5, 0.6) is 0 Å². The molecule has 0 saturated heterocycles. The van der Waals surface area contributed by atoms with Crippen LogP contribution in [0.15, 0.2) is 0 Å². The molecule has 0 radical (unpaired) electrons. The van der Waals surface area contributed by atoms with Crippen molar-refractivity contribution in [1.82, 2.24) is 5.32 Å². The quantitative estimate of drug-likeness (QED) is 0.774. The van der Waals surface area contributed by atoms with Gasteiger partial charge in [0.25, 0.3) is 0 Å². The molecule has 2 rings (SSSR count). The Bertz CT molecular complexity index is 213. The average Bonchev–Trinajstić information content (AvgIpc) is 2.68. The zero-order valence-electron chi connectivity index (χ0n) is 10.8. The van der Waals surface area contributed by atoms with Crippen molar-refractivity contribution in [3.05, 3.63) is 0 Å². The lowest BCUT2D eigenvalue weighted by Gasteiger charge is -2.44. The lowest BCUT2D eigenvalue weighted by Crippen LogP contribution is -2.56. The van der Waals surface area contributed by atoms with Crippen molar-refractivity contribution < 1.29 is 5.11 Å². The summed E-state index contributed by atoms with van der Waals surface area (Å²) < 4.78 is 0. The van der Waals surface area contributed by atoms with Gasteiger partial charge in [0.05, 0.1) is 6.61 Å². The van der Waals surface area contributed by atoms with Crippen LogP contribution in [-0.4, -0.2) is 23.3 Å². The molecule has 0 spiro atoms. The maximum absolute atomic E-state index is 9.77. The van der Waals surface area contributed by atoms with Crippen molar-refractivity contribution in [2.75, 3.05) is 6.61 Å². The molecule has 0 aliphatic heterocycles. The van der Waals surface area contributed by atoms with Crippen LogP contribution < -0.4 is 5.32 Å². The first kappa shape index (κ1) is 12.4. The highest BCUT2D eigenvalue weighted by Crippen LogP contribution is 2.37. The molecule has 2 atom stereocenters. The van der Waals surface area contributed by atoms with E-state index < -0.39 is 0 Å². The lowest BCUT2D eigenvalue weighted by molar-refractivity contribution is 0.0662. The van der Waals surface area contributed by atoms with Crippen molar-refractivity contribution >= 4 is 0 Å². The first-order valence-electron chi connectivity index (χ1n) is 7.02. The van der Waals surface area contributed by atoms with Gasteiger partial charge in [0, 0.05) is 11.6 Å². The second-order valence-electron chi connectivity index (χ2n) is 6.42. The standard InChI is InChI=1S/C14H27NO/c1-11-7-12(2)9-14(8-11,10-16)15-13-5-3-4-6-13/h11-13,15-16H,3-10H2,1-2H3. The minimum Gasteiger partial charge on any atom is -0.394 e. The highest BCUT2D eigenvalue weighted by Gasteiger charge is 2.39. The summed E-state index contributed by atoms with van der Waals surface area (Å²) in [4.78, 5) is 0. The number of aliphatic hydroxyl groups excluding tert-OH is 1. The van der Waals surface area contributed by atoms with Crippen LogP contribution in [0.1, 0.15) is 58.8 Å². The summed E-state index contributed by atoms with van der Waals surface area (Å²) in [5.41, 5.74) is 0.0338. The maximum atomic E-state index is 9.77. The molecule has 2 fully saturated rings. The summed E-state index contributed by atoms with van der Waals surface area (Å²) in [5.74, 6) is 1.51. The number of rotatable bonds is 3. The molecule has 2 saturated carbocycles. The molecule has 0 aromatic carbocycles. The van der Waals surface area contributed by atoms with Gasteiger partial charge in [-0.2, -0.15) is 0 Å². The number of hydrogen-bond donors (Lipinski definition) is 2. The second kappa shape index (κ2) is 5.05. The Morgan fingerprint density at radius 2 is 1.69 bits per heavy atom. The van der Waals surface area contributed by atoms with E-state index in [4.69, 9.17) is 0 Å². The monoisotopic (exact) mass is 225 g/mol. The highest BCUT2D eigenvalue weighted by molar-refractivity contribution is 4.97. The van der Waals surface area contributed by atoms with Crippen LogP contribution in [0.4, 0.5) is 0 Å². The Balaban J connectivity index is 1.99. The third kappa shape index (κ3) is 2.78. The molecule has 16 heavy (non-hydrogen) atoms. The van der Waals surface area contributed by atoms with E-state index >= 15 is 0 Å². The van der Waals surface area contributed by atoms with Crippen LogP contribution in [0.25, 0.3) is 0 Å². The van der Waals surface area contributed by atoms with Gasteiger partial charge in [-0.3, -0.25) is 0 Å². The van der Waals surface area contributed by atoms with Gasteiger partial charge < -0.3 is 10.4 Å². The zero-order valence-corrected chi connectivity index (χ0v) is 10.8. The summed E-state index contributed by atoms with van der Waals surface area (Å²) in [6, 6.07) is 0.671. The Hall–Kier alpha value is -0.0800. The van der Waals surface area contributed by atoms with E-state index in [9.17, 15) is 5.11 Å². The second-order valence-corrected chi connectivity index (χ2v) is 6.42. The van der Waals surface area contributed by atoms with Crippen LogP contribution >= 0.6 is 0 Å². The molecule has 0 bridgehead atoms. The summed E-state index contributed by atoms with van der Waals surface area (Å²) in [6.45, 7) is 4.98. The molecule has 2 heteroatoms. The fourth-order valence-corrected chi connectivity index (χ4v) is 4.07. The summed E-state index contributed by atoms with van der Waals surface area (Å²) in [7, 11) is 0. The SMILES string of the molecule is CC1CC(C)CC(CO)(NC2CCCC2)C1. The first-order valence-corrected chi connectivity index (χ1v) is 7.02. The fourth-order valence-electron chi connectivity index (χ4n) is 4.07. The van der Waals surface area contributed by atoms with Crippen LogP contribution in [0, 0.1) is 11.8 Å². The van der Waals surface area contributed by atoms with Crippen molar-refractivity contribution in [2.45, 2.75) is 70.4 Å². The average molecular weight is 225 g/mol. The van der Waals surface area contributed by atoms with Crippen molar-refractivity contribution in [1.29, 1.82) is 0 Å². The number of aliphatic hydroxyl groups is 1. The van der Waals surface area contributed by atoms with E-state index in [1.807, 2.05) is 0 Å². The molecular weight excluding hydrogens is 198 g/mol. The number of nitrogens with one attached hydrogen (secondary N) is 1. The van der Waals surface area contributed by atoms with E-state index in [-0.39, 0.29) is 5.54 Å². The van der Waals surface area contributed by atoms with Gasteiger partial charge in [0.1, 0.15) is 0 Å². The van der Waals surface area contributed by atoms with E-state index in [2.05, 4.69) is 19.2 Å². The molecule has 2 N–H and O–H groups in total. The summed E-state index contributed by atoms with van der Waals surface area (Å²) in [5, 5.41) is 13.6. The fraction of sp³-hybridized carbons (Fsp3) is 1.00. The van der Waals surface area contributed by atoms with Crippen LogP contribution in [0.3, 0.4) is 0 Å². The summed E-state index contributed by atoms with van der Waals surface area (Å²) in [6.07, 6.45) is 8.99. The molecule has 0 heterocycles. The van der Waals surface area contributed by atoms with Crippen LogP contribution in [-0.2, 0) is 0 Å². The minimum absolute atomic E-state index is 0.0338. The molecule has 2 aliphatic rings. The zero-order chi connectivity index (χ0) is 11.6. The van der Waals surface area contributed by atoms with Gasteiger partial charge in [-0.25, -0.2) is 0 Å².